The highest BCUT2D eigenvalue weighted by atomic mass is 15.4. The van der Waals surface area contributed by atoms with Crippen molar-refractivity contribution in [2.75, 3.05) is 7.05 Å². The van der Waals surface area contributed by atoms with E-state index in [1.165, 1.54) is 116 Å². The van der Waals surface area contributed by atoms with Crippen molar-refractivity contribution in [2.24, 2.45) is 71.0 Å². The number of likely N-dealkylation sites (tertiary alicyclic amines) is 3. The van der Waals surface area contributed by atoms with Crippen LogP contribution in [0.4, 0.5) is 0 Å². The first-order valence-electron chi connectivity index (χ1n) is 26.9. The molecule has 15 unspecified atom stereocenters. The first-order chi connectivity index (χ1) is 27.6. The molecule has 316 valence electrons. The lowest BCUT2D eigenvalue weighted by molar-refractivity contribution is -0.117. The molecule has 11 fully saturated rings. The average Bonchev–Trinajstić information content (AvgIpc) is 3.75. The van der Waals surface area contributed by atoms with Gasteiger partial charge in [-0.15, -0.1) is 0 Å². The minimum Gasteiger partial charge on any atom is -0.294 e. The van der Waals surface area contributed by atoms with Gasteiger partial charge in [-0.05, 0) is 181 Å². The van der Waals surface area contributed by atoms with Crippen LogP contribution in [0.2, 0.25) is 0 Å². The van der Waals surface area contributed by atoms with Crippen molar-refractivity contribution >= 4 is 0 Å². The second kappa shape index (κ2) is 16.6. The highest BCUT2D eigenvalue weighted by Crippen LogP contribution is 2.61. The van der Waals surface area contributed by atoms with Crippen LogP contribution in [0.3, 0.4) is 0 Å². The molecule has 3 heteroatoms. The fraction of sp³-hybridized carbons (Fsp3) is 1.00. The molecule has 56 heavy (non-hydrogen) atoms. The van der Waals surface area contributed by atoms with Gasteiger partial charge in [0.1, 0.15) is 0 Å². The Morgan fingerprint density at radius 3 is 1.61 bits per heavy atom. The summed E-state index contributed by atoms with van der Waals surface area (Å²) in [7, 11) is 2.70. The van der Waals surface area contributed by atoms with E-state index in [4.69, 9.17) is 0 Å². The highest BCUT2D eigenvalue weighted by molar-refractivity contribution is 5.12. The van der Waals surface area contributed by atoms with Crippen molar-refractivity contribution in [3.05, 3.63) is 0 Å². The molecule has 8 aliphatic carbocycles. The van der Waals surface area contributed by atoms with Crippen molar-refractivity contribution in [2.45, 2.75) is 255 Å². The molecule has 0 bridgehead atoms. The summed E-state index contributed by atoms with van der Waals surface area (Å²) in [5.74, 6) is 12.2. The average molecular weight is 768 g/mol. The number of hydrogen-bond donors (Lipinski definition) is 0. The van der Waals surface area contributed by atoms with Crippen LogP contribution in [-0.4, -0.2) is 64.2 Å². The van der Waals surface area contributed by atoms with E-state index in [0.29, 0.717) is 0 Å². The number of nitrogens with zero attached hydrogens (tertiary/aromatic N) is 3. The van der Waals surface area contributed by atoms with E-state index in [-0.39, 0.29) is 0 Å². The highest BCUT2D eigenvalue weighted by Gasteiger charge is 2.60. The summed E-state index contributed by atoms with van der Waals surface area (Å²) in [6, 6.07) is 5.52. The normalized spacial score (nSPS) is 50.5. The zero-order valence-corrected chi connectivity index (χ0v) is 36.9. The molecule has 3 saturated heterocycles. The predicted octanol–water partition coefficient (Wildman–Crippen LogP) is 13.1. The fourth-order valence-electron chi connectivity index (χ4n) is 19.7. The first kappa shape index (κ1) is 38.8. The van der Waals surface area contributed by atoms with Gasteiger partial charge in [0.25, 0.3) is 0 Å². The van der Waals surface area contributed by atoms with Crippen molar-refractivity contribution in [3.63, 3.8) is 0 Å². The summed E-state index contributed by atoms with van der Waals surface area (Å²) in [5.41, 5.74) is 0. The molecule has 3 aliphatic heterocycles. The Bertz CT molecular complexity index is 1300. The molecule has 16 atom stereocenters. The van der Waals surface area contributed by atoms with Crippen LogP contribution in [0.15, 0.2) is 0 Å². The Labute approximate surface area is 346 Å². The predicted molar refractivity (Wildman–Crippen MR) is 233 cm³/mol. The van der Waals surface area contributed by atoms with Crippen molar-refractivity contribution < 1.29 is 0 Å². The number of hydrogen-bond acceptors (Lipinski definition) is 3. The lowest BCUT2D eigenvalue weighted by atomic mass is 9.58. The van der Waals surface area contributed by atoms with Gasteiger partial charge in [-0.3, -0.25) is 14.7 Å². The standard InChI is InChI=1S/C53H89N3/c1-35-30-51-47(34-44(35)40-27-29-49-45(32-40)43-24-14-15-25-48(43)55(49)41-21-10-5-11-22-41)46-31-38(36-16-6-3-7-17-36)26-28-50(46)56(51)52-33-39-20-12-13-23-42(39)53(54(52)2)37-18-8-4-9-19-37/h35-53H,3-34H2,1-2H3/t35?,38?,39?,40?,42?,43?,44?,45?,46?,47?,48?,49?,50-,51?,52?,53?/m1/s1. The molecule has 11 rings (SSSR count). The second-order valence-corrected chi connectivity index (χ2v) is 24.0. The van der Waals surface area contributed by atoms with E-state index >= 15 is 0 Å². The molecule has 0 aromatic carbocycles. The molecular weight excluding hydrogens is 679 g/mol. The van der Waals surface area contributed by atoms with E-state index in [9.17, 15) is 0 Å². The number of fused-ring (bicyclic) bond motifs is 7. The molecule has 3 heterocycles. The third kappa shape index (κ3) is 6.89. The van der Waals surface area contributed by atoms with E-state index in [1.54, 1.807) is 89.9 Å². The van der Waals surface area contributed by atoms with E-state index in [0.717, 1.165) is 113 Å². The topological polar surface area (TPSA) is 9.72 Å². The minimum atomic E-state index is 0.738. The minimum absolute atomic E-state index is 0.738. The Morgan fingerprint density at radius 1 is 0.321 bits per heavy atom. The van der Waals surface area contributed by atoms with E-state index in [1.807, 2.05) is 0 Å². The molecule has 0 radical (unpaired) electrons. The molecule has 11 aliphatic rings. The Morgan fingerprint density at radius 2 is 0.839 bits per heavy atom. The fourth-order valence-corrected chi connectivity index (χ4v) is 19.7. The molecular formula is C53H89N3. The van der Waals surface area contributed by atoms with Crippen LogP contribution in [-0.2, 0) is 0 Å². The third-order valence-electron chi connectivity index (χ3n) is 21.9. The molecule has 0 aromatic heterocycles. The Kier molecular flexibility index (Phi) is 11.5. The Hall–Kier alpha value is -0.120. The zero-order valence-electron chi connectivity index (χ0n) is 36.9. The van der Waals surface area contributed by atoms with Crippen molar-refractivity contribution in [1.29, 1.82) is 0 Å². The molecule has 0 amide bonds. The maximum Gasteiger partial charge on any atom is 0.0630 e. The summed E-state index contributed by atoms with van der Waals surface area (Å²) in [6.07, 6.45) is 50.2. The Balaban J connectivity index is 0.868. The summed E-state index contributed by atoms with van der Waals surface area (Å²) in [4.78, 5) is 9.88. The molecule has 3 nitrogen and oxygen atoms in total. The summed E-state index contributed by atoms with van der Waals surface area (Å²) in [5, 5.41) is 0. The van der Waals surface area contributed by atoms with Gasteiger partial charge in [0.05, 0.1) is 6.17 Å². The van der Waals surface area contributed by atoms with Crippen LogP contribution >= 0.6 is 0 Å². The number of rotatable bonds is 5. The van der Waals surface area contributed by atoms with E-state index < -0.39 is 0 Å². The lowest BCUT2D eigenvalue weighted by Crippen LogP contribution is -2.64. The monoisotopic (exact) mass is 768 g/mol. The summed E-state index contributed by atoms with van der Waals surface area (Å²) >= 11 is 0. The zero-order chi connectivity index (χ0) is 37.3. The van der Waals surface area contributed by atoms with Gasteiger partial charge in [0.2, 0.25) is 0 Å². The lowest BCUT2D eigenvalue weighted by Gasteiger charge is -2.58. The molecule has 0 spiro atoms. The van der Waals surface area contributed by atoms with Gasteiger partial charge < -0.3 is 0 Å². The van der Waals surface area contributed by atoms with E-state index in [2.05, 4.69) is 28.7 Å². The van der Waals surface area contributed by atoms with Gasteiger partial charge in [0, 0.05) is 36.3 Å². The first-order valence-corrected chi connectivity index (χ1v) is 26.9. The van der Waals surface area contributed by atoms with Gasteiger partial charge in [-0.25, -0.2) is 0 Å². The number of piperidine rings is 1. The van der Waals surface area contributed by atoms with Crippen LogP contribution in [0.1, 0.15) is 212 Å². The summed E-state index contributed by atoms with van der Waals surface area (Å²) in [6.45, 7) is 2.82. The molecule has 0 N–H and O–H groups in total. The second-order valence-electron chi connectivity index (χ2n) is 24.0. The van der Waals surface area contributed by atoms with Gasteiger partial charge in [0.15, 0.2) is 0 Å². The largest absolute Gasteiger partial charge is 0.294 e. The van der Waals surface area contributed by atoms with Crippen LogP contribution in [0, 0.1) is 71.0 Å². The smallest absolute Gasteiger partial charge is 0.0630 e. The maximum atomic E-state index is 3.43. The molecule has 8 saturated carbocycles. The van der Waals surface area contributed by atoms with Crippen molar-refractivity contribution in [3.8, 4) is 0 Å². The van der Waals surface area contributed by atoms with Gasteiger partial charge in [-0.1, -0.05) is 110 Å². The molecule has 0 aromatic rings. The van der Waals surface area contributed by atoms with Crippen LogP contribution in [0.5, 0.6) is 0 Å². The van der Waals surface area contributed by atoms with Crippen molar-refractivity contribution in [1.82, 2.24) is 14.7 Å². The van der Waals surface area contributed by atoms with Crippen LogP contribution in [0.25, 0.3) is 0 Å². The quantitative estimate of drug-likeness (QED) is 0.276. The third-order valence-corrected chi connectivity index (χ3v) is 21.9. The maximum absolute atomic E-state index is 3.43. The summed E-state index contributed by atoms with van der Waals surface area (Å²) < 4.78 is 0. The van der Waals surface area contributed by atoms with Gasteiger partial charge >= 0.3 is 0 Å². The van der Waals surface area contributed by atoms with Crippen LogP contribution < -0.4 is 0 Å². The SMILES string of the molecule is CC1CC2C(CC1C1CCC3C(C1)C1CCCCC1N3C1CCCCC1)C1CC(C3CCCCC3)CC[C@H]1N2C1CC2CCCCC2C(C2CCCCC2)N1C. The van der Waals surface area contributed by atoms with Gasteiger partial charge in [-0.2, -0.15) is 0 Å².